The number of hydrogen-bond acceptors (Lipinski definition) is 5. The van der Waals surface area contributed by atoms with Crippen LogP contribution in [0, 0.1) is 10.1 Å². The van der Waals surface area contributed by atoms with Gasteiger partial charge in [0.1, 0.15) is 5.82 Å². The first kappa shape index (κ1) is 19.8. The van der Waals surface area contributed by atoms with Crippen LogP contribution in [0.2, 0.25) is 0 Å². The average Bonchev–Trinajstić information content (AvgIpc) is 2.75. The molecule has 7 nitrogen and oxygen atoms in total. The Balaban J connectivity index is 1.83. The second-order valence-electron chi connectivity index (χ2n) is 6.27. The largest absolute Gasteiger partial charge is 0.342 e. The van der Waals surface area contributed by atoms with Gasteiger partial charge in [-0.25, -0.2) is 0 Å². The summed E-state index contributed by atoms with van der Waals surface area (Å²) in [5, 5.41) is 16.7. The number of nitrogens with one attached hydrogen (secondary N) is 2. The lowest BCUT2D eigenvalue weighted by Gasteiger charge is -2.16. The summed E-state index contributed by atoms with van der Waals surface area (Å²) in [6.07, 6.45) is 1.71. The summed E-state index contributed by atoms with van der Waals surface area (Å²) in [5.74, 6) is 0.00532. The predicted molar refractivity (Wildman–Crippen MR) is 112 cm³/mol. The normalized spacial score (nSPS) is 12.1. The summed E-state index contributed by atoms with van der Waals surface area (Å²) >= 11 is 0. The van der Waals surface area contributed by atoms with Crippen molar-refractivity contribution in [3.63, 3.8) is 0 Å². The van der Waals surface area contributed by atoms with Gasteiger partial charge in [0.05, 0.1) is 11.0 Å². The van der Waals surface area contributed by atoms with Gasteiger partial charge in [-0.2, -0.15) is 0 Å². The van der Waals surface area contributed by atoms with Crippen LogP contribution in [0.1, 0.15) is 22.0 Å². The lowest BCUT2D eigenvalue weighted by atomic mass is 10.1. The van der Waals surface area contributed by atoms with E-state index in [4.69, 9.17) is 5.73 Å². The zero-order chi connectivity index (χ0) is 20.6. The molecular weight excluding hydrogens is 368 g/mol. The van der Waals surface area contributed by atoms with Crippen LogP contribution in [-0.2, 0) is 0 Å². The van der Waals surface area contributed by atoms with Crippen molar-refractivity contribution in [2.75, 3.05) is 5.32 Å². The predicted octanol–water partition coefficient (Wildman–Crippen LogP) is 3.98. The molecule has 3 aromatic rings. The molecule has 0 heterocycles. The van der Waals surface area contributed by atoms with Crippen molar-refractivity contribution in [3.05, 3.63) is 118 Å². The highest BCUT2D eigenvalue weighted by molar-refractivity contribution is 5.95. The second kappa shape index (κ2) is 9.29. The summed E-state index contributed by atoms with van der Waals surface area (Å²) in [6, 6.07) is 23.8. The first-order valence-corrected chi connectivity index (χ1v) is 8.93. The quantitative estimate of drug-likeness (QED) is 0.419. The molecule has 29 heavy (non-hydrogen) atoms. The molecule has 0 saturated carbocycles. The topological polar surface area (TPSA) is 110 Å². The van der Waals surface area contributed by atoms with Crippen molar-refractivity contribution in [2.24, 2.45) is 5.73 Å². The van der Waals surface area contributed by atoms with Gasteiger partial charge in [-0.15, -0.1) is 0 Å². The Morgan fingerprint density at radius 2 is 1.52 bits per heavy atom. The Kier molecular flexibility index (Phi) is 6.34. The van der Waals surface area contributed by atoms with E-state index in [1.165, 1.54) is 24.3 Å². The fraction of sp³-hybridized carbons (Fsp3) is 0.0455. The van der Waals surface area contributed by atoms with Crippen LogP contribution in [0.4, 0.5) is 11.4 Å². The van der Waals surface area contributed by atoms with Gasteiger partial charge in [0, 0.05) is 23.4 Å². The zero-order valence-electron chi connectivity index (χ0n) is 15.5. The van der Waals surface area contributed by atoms with Crippen molar-refractivity contribution in [3.8, 4) is 0 Å². The van der Waals surface area contributed by atoms with Gasteiger partial charge < -0.3 is 16.4 Å². The van der Waals surface area contributed by atoms with E-state index in [1.54, 1.807) is 6.08 Å². The number of non-ortho nitro benzene ring substituents is 1. The molecule has 3 aromatic carbocycles. The monoisotopic (exact) mass is 388 g/mol. The third-order valence-electron chi connectivity index (χ3n) is 4.17. The Labute approximate surface area is 168 Å². The minimum atomic E-state index is -0.511. The summed E-state index contributed by atoms with van der Waals surface area (Å²) in [6.45, 7) is 0. The molecule has 1 unspecified atom stereocenters. The van der Waals surface area contributed by atoms with E-state index in [1.807, 2.05) is 60.7 Å². The maximum absolute atomic E-state index is 12.6. The van der Waals surface area contributed by atoms with Crippen molar-refractivity contribution >= 4 is 17.3 Å². The number of nitrogens with two attached hydrogens (primary N) is 1. The Morgan fingerprint density at radius 1 is 0.931 bits per heavy atom. The SMILES string of the molecule is NC(/C=C(/NC(=O)c1ccc([N+](=O)[O-])cc1)Nc1ccccc1)c1ccccc1. The van der Waals surface area contributed by atoms with Crippen LogP contribution in [0.15, 0.2) is 96.8 Å². The van der Waals surface area contributed by atoms with E-state index in [0.29, 0.717) is 11.4 Å². The molecular formula is C22H20N4O3. The maximum atomic E-state index is 12.6. The number of carbonyl (C=O) groups is 1. The molecule has 7 heteroatoms. The fourth-order valence-electron chi connectivity index (χ4n) is 2.67. The molecule has 0 fully saturated rings. The Bertz CT molecular complexity index is 1000. The van der Waals surface area contributed by atoms with E-state index in [-0.39, 0.29) is 5.69 Å². The highest BCUT2D eigenvalue weighted by Crippen LogP contribution is 2.16. The van der Waals surface area contributed by atoms with Crippen LogP contribution in [0.5, 0.6) is 0 Å². The van der Waals surface area contributed by atoms with Crippen molar-refractivity contribution in [1.29, 1.82) is 0 Å². The molecule has 0 aliphatic heterocycles. The number of para-hydroxylation sites is 1. The number of rotatable bonds is 7. The first-order valence-electron chi connectivity index (χ1n) is 8.93. The van der Waals surface area contributed by atoms with Gasteiger partial charge in [-0.3, -0.25) is 14.9 Å². The lowest BCUT2D eigenvalue weighted by molar-refractivity contribution is -0.384. The lowest BCUT2D eigenvalue weighted by Crippen LogP contribution is -2.28. The van der Waals surface area contributed by atoms with Crippen molar-refractivity contribution in [2.45, 2.75) is 6.04 Å². The number of carbonyl (C=O) groups excluding carboxylic acids is 1. The van der Waals surface area contributed by atoms with Crippen LogP contribution in [-0.4, -0.2) is 10.8 Å². The Hall–Kier alpha value is -3.97. The molecule has 1 amide bonds. The minimum Gasteiger partial charge on any atom is -0.342 e. The number of nitro groups is 1. The van der Waals surface area contributed by atoms with E-state index >= 15 is 0 Å². The molecule has 1 atom stereocenters. The first-order chi connectivity index (χ1) is 14.0. The highest BCUT2D eigenvalue weighted by atomic mass is 16.6. The fourth-order valence-corrected chi connectivity index (χ4v) is 2.67. The third-order valence-corrected chi connectivity index (χ3v) is 4.17. The molecule has 0 aliphatic rings. The molecule has 0 spiro atoms. The van der Waals surface area contributed by atoms with Crippen LogP contribution in [0.25, 0.3) is 0 Å². The number of nitrogens with zero attached hydrogens (tertiary/aromatic N) is 1. The third kappa shape index (κ3) is 5.50. The number of nitro benzene ring substituents is 1. The zero-order valence-corrected chi connectivity index (χ0v) is 15.5. The molecule has 146 valence electrons. The van der Waals surface area contributed by atoms with Gasteiger partial charge in [0.15, 0.2) is 0 Å². The average molecular weight is 388 g/mol. The van der Waals surface area contributed by atoms with Crippen LogP contribution < -0.4 is 16.4 Å². The molecule has 0 saturated heterocycles. The van der Waals surface area contributed by atoms with Crippen molar-refractivity contribution in [1.82, 2.24) is 5.32 Å². The number of hydrogen-bond donors (Lipinski definition) is 3. The maximum Gasteiger partial charge on any atom is 0.269 e. The van der Waals surface area contributed by atoms with E-state index < -0.39 is 16.9 Å². The smallest absolute Gasteiger partial charge is 0.269 e. The summed E-state index contributed by atoms with van der Waals surface area (Å²) < 4.78 is 0. The van der Waals surface area contributed by atoms with Gasteiger partial charge in [-0.05, 0) is 35.9 Å². The molecule has 4 N–H and O–H groups in total. The number of amides is 1. The van der Waals surface area contributed by atoms with Crippen LogP contribution in [0.3, 0.4) is 0 Å². The molecule has 0 bridgehead atoms. The van der Waals surface area contributed by atoms with Gasteiger partial charge >= 0.3 is 0 Å². The van der Waals surface area contributed by atoms with E-state index in [2.05, 4.69) is 10.6 Å². The van der Waals surface area contributed by atoms with E-state index in [9.17, 15) is 14.9 Å². The molecule has 0 aromatic heterocycles. The van der Waals surface area contributed by atoms with Gasteiger partial charge in [0.2, 0.25) is 0 Å². The van der Waals surface area contributed by atoms with Gasteiger partial charge in [-0.1, -0.05) is 48.5 Å². The van der Waals surface area contributed by atoms with Gasteiger partial charge in [0.25, 0.3) is 11.6 Å². The summed E-state index contributed by atoms with van der Waals surface area (Å²) in [4.78, 5) is 22.9. The molecule has 3 rings (SSSR count). The molecule has 0 radical (unpaired) electrons. The highest BCUT2D eigenvalue weighted by Gasteiger charge is 2.12. The summed E-state index contributed by atoms with van der Waals surface area (Å²) in [7, 11) is 0. The second-order valence-corrected chi connectivity index (χ2v) is 6.27. The Morgan fingerprint density at radius 3 is 2.10 bits per heavy atom. The van der Waals surface area contributed by atoms with Crippen LogP contribution >= 0.6 is 0 Å². The van der Waals surface area contributed by atoms with Crippen molar-refractivity contribution < 1.29 is 9.72 Å². The standard InChI is InChI=1S/C22H20N4O3/c23-20(16-7-3-1-4-8-16)15-21(24-18-9-5-2-6-10-18)25-22(27)17-11-13-19(14-12-17)26(28)29/h1-15,20,24H,23H2,(H,25,27)/b21-15+. The summed E-state index contributed by atoms with van der Waals surface area (Å²) in [5.41, 5.74) is 8.17. The van der Waals surface area contributed by atoms with E-state index in [0.717, 1.165) is 11.3 Å². The molecule has 0 aliphatic carbocycles. The number of anilines is 1. The minimum absolute atomic E-state index is 0.0779. The number of benzene rings is 3.